The summed E-state index contributed by atoms with van der Waals surface area (Å²) in [5.41, 5.74) is -0.0557. The van der Waals surface area contributed by atoms with E-state index in [1.54, 1.807) is 12.1 Å². The van der Waals surface area contributed by atoms with Gasteiger partial charge in [-0.15, -0.1) is 0 Å². The van der Waals surface area contributed by atoms with Crippen LogP contribution in [-0.4, -0.2) is 5.11 Å². The molecule has 0 heterocycles. The number of nitrogens with zero attached hydrogens (tertiary/aromatic N) is 1. The van der Waals surface area contributed by atoms with Crippen LogP contribution in [-0.2, 0) is 6.18 Å². The third-order valence-corrected chi connectivity index (χ3v) is 3.67. The summed E-state index contributed by atoms with van der Waals surface area (Å²) in [6.45, 7) is 0. The molecule has 108 valence electrons. The molecule has 1 unspecified atom stereocenters. The largest absolute Gasteiger partial charge is 0.416 e. The Hall–Kier alpha value is -1.84. The number of rotatable bonds is 2. The van der Waals surface area contributed by atoms with Crippen LogP contribution in [0.5, 0.6) is 0 Å². The molecule has 21 heavy (non-hydrogen) atoms. The molecule has 0 amide bonds. The van der Waals surface area contributed by atoms with Crippen molar-refractivity contribution < 1.29 is 18.3 Å². The lowest BCUT2D eigenvalue weighted by Gasteiger charge is -2.15. The molecule has 1 N–H and O–H groups in total. The van der Waals surface area contributed by atoms with Gasteiger partial charge in [0.25, 0.3) is 0 Å². The van der Waals surface area contributed by atoms with Crippen molar-refractivity contribution >= 4 is 15.9 Å². The van der Waals surface area contributed by atoms with Gasteiger partial charge in [0, 0.05) is 10.0 Å². The minimum atomic E-state index is -4.47. The SMILES string of the molecule is N#Cc1ccc(Br)c(C(O)c2cccc(C(F)(F)F)c2)c1. The molecule has 0 aliphatic carbocycles. The number of hydrogen-bond donors (Lipinski definition) is 1. The van der Waals surface area contributed by atoms with Crippen LogP contribution >= 0.6 is 15.9 Å². The molecule has 0 aliphatic heterocycles. The fourth-order valence-corrected chi connectivity index (χ4v) is 2.35. The van der Waals surface area contributed by atoms with E-state index in [1.807, 2.05) is 6.07 Å². The first-order valence-electron chi connectivity index (χ1n) is 5.87. The molecule has 0 saturated carbocycles. The van der Waals surface area contributed by atoms with Crippen molar-refractivity contribution in [3.8, 4) is 6.07 Å². The second kappa shape index (κ2) is 5.88. The van der Waals surface area contributed by atoms with Crippen LogP contribution in [0.2, 0.25) is 0 Å². The Morgan fingerprint density at radius 1 is 1.14 bits per heavy atom. The van der Waals surface area contributed by atoms with Gasteiger partial charge in [0.1, 0.15) is 6.10 Å². The Morgan fingerprint density at radius 3 is 2.48 bits per heavy atom. The predicted molar refractivity (Wildman–Crippen MR) is 74.4 cm³/mol. The fraction of sp³-hybridized carbons (Fsp3) is 0.133. The van der Waals surface area contributed by atoms with Crippen LogP contribution in [0.15, 0.2) is 46.9 Å². The molecule has 2 rings (SSSR count). The molecule has 0 bridgehead atoms. The van der Waals surface area contributed by atoms with Gasteiger partial charge < -0.3 is 5.11 Å². The molecular formula is C15H9BrF3NO. The summed E-state index contributed by atoms with van der Waals surface area (Å²) in [5, 5.41) is 19.1. The lowest BCUT2D eigenvalue weighted by molar-refractivity contribution is -0.137. The summed E-state index contributed by atoms with van der Waals surface area (Å²) in [5.74, 6) is 0. The van der Waals surface area contributed by atoms with Gasteiger partial charge in [-0.1, -0.05) is 28.1 Å². The Morgan fingerprint density at radius 2 is 1.86 bits per heavy atom. The molecule has 0 aliphatic rings. The lowest BCUT2D eigenvalue weighted by atomic mass is 9.98. The normalized spacial score (nSPS) is 12.8. The minimum absolute atomic E-state index is 0.112. The Balaban J connectivity index is 2.46. The fourth-order valence-electron chi connectivity index (χ4n) is 1.89. The quantitative estimate of drug-likeness (QED) is 0.866. The zero-order valence-corrected chi connectivity index (χ0v) is 12.1. The molecule has 2 nitrogen and oxygen atoms in total. The average Bonchev–Trinajstić information content (AvgIpc) is 2.46. The van der Waals surface area contributed by atoms with Crippen molar-refractivity contribution in [2.24, 2.45) is 0 Å². The molecule has 6 heteroatoms. The summed E-state index contributed by atoms with van der Waals surface area (Å²) >= 11 is 3.22. The highest BCUT2D eigenvalue weighted by Gasteiger charge is 2.31. The van der Waals surface area contributed by atoms with Crippen LogP contribution in [0.1, 0.15) is 28.4 Å². The molecule has 1 atom stereocenters. The van der Waals surface area contributed by atoms with Crippen LogP contribution in [0, 0.1) is 11.3 Å². The van der Waals surface area contributed by atoms with Crippen molar-refractivity contribution in [3.63, 3.8) is 0 Å². The van der Waals surface area contributed by atoms with Crippen LogP contribution in [0.3, 0.4) is 0 Å². The van der Waals surface area contributed by atoms with Gasteiger partial charge in [0.05, 0.1) is 17.2 Å². The van der Waals surface area contributed by atoms with Gasteiger partial charge in [-0.2, -0.15) is 18.4 Å². The smallest absolute Gasteiger partial charge is 0.384 e. The van der Waals surface area contributed by atoms with Crippen molar-refractivity contribution in [1.29, 1.82) is 5.26 Å². The first-order valence-corrected chi connectivity index (χ1v) is 6.67. The monoisotopic (exact) mass is 355 g/mol. The number of aliphatic hydroxyl groups excluding tert-OH is 1. The lowest BCUT2D eigenvalue weighted by Crippen LogP contribution is -2.07. The van der Waals surface area contributed by atoms with E-state index in [-0.39, 0.29) is 5.56 Å². The van der Waals surface area contributed by atoms with Gasteiger partial charge in [-0.05, 0) is 35.9 Å². The van der Waals surface area contributed by atoms with Gasteiger partial charge in [-0.25, -0.2) is 0 Å². The maximum Gasteiger partial charge on any atom is 0.416 e. The van der Waals surface area contributed by atoms with Crippen LogP contribution in [0.25, 0.3) is 0 Å². The molecular weight excluding hydrogens is 347 g/mol. The maximum absolute atomic E-state index is 12.7. The number of alkyl halides is 3. The number of halogens is 4. The summed E-state index contributed by atoms with van der Waals surface area (Å²) in [7, 11) is 0. The molecule has 2 aromatic carbocycles. The van der Waals surface area contributed by atoms with E-state index in [0.29, 0.717) is 15.6 Å². The number of nitriles is 1. The summed E-state index contributed by atoms with van der Waals surface area (Å²) in [6.07, 6.45) is -5.73. The van der Waals surface area contributed by atoms with E-state index in [1.165, 1.54) is 18.2 Å². The Labute approximate surface area is 127 Å². The predicted octanol–water partition coefficient (Wildman–Crippen LogP) is 4.42. The molecule has 0 saturated heterocycles. The van der Waals surface area contributed by atoms with E-state index >= 15 is 0 Å². The number of hydrogen-bond acceptors (Lipinski definition) is 2. The first-order chi connectivity index (χ1) is 9.82. The van der Waals surface area contributed by atoms with Crippen molar-refractivity contribution in [1.82, 2.24) is 0 Å². The molecule has 2 aromatic rings. The van der Waals surface area contributed by atoms with Crippen molar-refractivity contribution in [2.75, 3.05) is 0 Å². The van der Waals surface area contributed by atoms with E-state index in [0.717, 1.165) is 12.1 Å². The van der Waals surface area contributed by atoms with Crippen LogP contribution < -0.4 is 0 Å². The highest BCUT2D eigenvalue weighted by molar-refractivity contribution is 9.10. The first kappa shape index (κ1) is 15.5. The Kier molecular flexibility index (Phi) is 4.35. The summed E-state index contributed by atoms with van der Waals surface area (Å²) in [6, 6.07) is 11.0. The topological polar surface area (TPSA) is 44.0 Å². The average molecular weight is 356 g/mol. The van der Waals surface area contributed by atoms with E-state index < -0.39 is 17.8 Å². The van der Waals surface area contributed by atoms with E-state index in [9.17, 15) is 18.3 Å². The summed E-state index contributed by atoms with van der Waals surface area (Å²) in [4.78, 5) is 0. The maximum atomic E-state index is 12.7. The second-order valence-corrected chi connectivity index (χ2v) is 5.23. The number of aliphatic hydroxyl groups is 1. The van der Waals surface area contributed by atoms with Gasteiger partial charge >= 0.3 is 6.18 Å². The third-order valence-electron chi connectivity index (χ3n) is 2.95. The van der Waals surface area contributed by atoms with Crippen molar-refractivity contribution in [3.05, 3.63) is 69.2 Å². The molecule has 0 spiro atoms. The van der Waals surface area contributed by atoms with E-state index in [4.69, 9.17) is 5.26 Å². The Bertz CT molecular complexity index is 707. The van der Waals surface area contributed by atoms with Gasteiger partial charge in [-0.3, -0.25) is 0 Å². The number of benzene rings is 2. The molecule has 0 radical (unpaired) electrons. The standard InChI is InChI=1S/C15H9BrF3NO/c16-13-5-4-9(8-20)6-12(13)14(21)10-2-1-3-11(7-10)15(17,18)19/h1-7,14,21H. The zero-order valence-electron chi connectivity index (χ0n) is 10.5. The second-order valence-electron chi connectivity index (χ2n) is 4.37. The third kappa shape index (κ3) is 3.43. The highest BCUT2D eigenvalue weighted by atomic mass is 79.9. The van der Waals surface area contributed by atoms with Gasteiger partial charge in [0.15, 0.2) is 0 Å². The highest BCUT2D eigenvalue weighted by Crippen LogP contribution is 2.34. The van der Waals surface area contributed by atoms with Crippen LogP contribution in [0.4, 0.5) is 13.2 Å². The minimum Gasteiger partial charge on any atom is -0.384 e. The van der Waals surface area contributed by atoms with Gasteiger partial charge in [0.2, 0.25) is 0 Å². The van der Waals surface area contributed by atoms with Crippen molar-refractivity contribution in [2.45, 2.75) is 12.3 Å². The molecule has 0 aromatic heterocycles. The summed E-state index contributed by atoms with van der Waals surface area (Å²) < 4.78 is 38.6. The zero-order chi connectivity index (χ0) is 15.6. The van der Waals surface area contributed by atoms with E-state index in [2.05, 4.69) is 15.9 Å². The molecule has 0 fully saturated rings.